The average Bonchev–Trinajstić information content (AvgIpc) is 2.07. The molecule has 0 spiro atoms. The molecule has 1 rings (SSSR count). The van der Waals surface area contributed by atoms with Crippen LogP contribution in [0.1, 0.15) is 12.8 Å². The van der Waals surface area contributed by atoms with Crippen LogP contribution in [-0.4, -0.2) is 31.5 Å². The van der Waals surface area contributed by atoms with Crippen LogP contribution in [0.4, 0.5) is 0 Å². The van der Waals surface area contributed by atoms with Crippen LogP contribution in [0.15, 0.2) is 11.8 Å². The molecule has 11 heavy (non-hydrogen) atoms. The van der Waals surface area contributed by atoms with Crippen molar-refractivity contribution in [1.29, 1.82) is 0 Å². The van der Waals surface area contributed by atoms with E-state index < -0.39 is 6.10 Å². The van der Waals surface area contributed by atoms with E-state index in [9.17, 15) is 5.11 Å². The lowest BCUT2D eigenvalue weighted by Crippen LogP contribution is -2.21. The van der Waals surface area contributed by atoms with Crippen LogP contribution < -0.4 is 0 Å². The standard InChI is InChI=1S/C8H14O3/c1-10-6-7(9)8-4-2-3-5-11-8/h4,7,9H,2-3,5-6H2,1H3. The molecule has 0 aromatic heterocycles. The van der Waals surface area contributed by atoms with Crippen LogP contribution in [0.3, 0.4) is 0 Å². The number of aliphatic hydroxyl groups excluding tert-OH is 1. The molecule has 1 atom stereocenters. The summed E-state index contributed by atoms with van der Waals surface area (Å²) in [5.41, 5.74) is 0. The number of hydrogen-bond acceptors (Lipinski definition) is 3. The number of methoxy groups -OCH3 is 1. The summed E-state index contributed by atoms with van der Waals surface area (Å²) in [6, 6.07) is 0. The fraction of sp³-hybridized carbons (Fsp3) is 0.750. The number of rotatable bonds is 3. The molecule has 0 aromatic rings. The first-order chi connectivity index (χ1) is 5.34. The van der Waals surface area contributed by atoms with E-state index in [0.717, 1.165) is 12.8 Å². The third-order valence-corrected chi connectivity index (χ3v) is 1.62. The van der Waals surface area contributed by atoms with Gasteiger partial charge in [-0.1, -0.05) is 0 Å². The Hall–Kier alpha value is -0.540. The summed E-state index contributed by atoms with van der Waals surface area (Å²) < 4.78 is 10.0. The lowest BCUT2D eigenvalue weighted by molar-refractivity contribution is 0.0347. The van der Waals surface area contributed by atoms with E-state index in [1.54, 1.807) is 7.11 Å². The predicted octanol–water partition coefficient (Wildman–Crippen LogP) is 0.688. The Morgan fingerprint density at radius 2 is 2.64 bits per heavy atom. The Morgan fingerprint density at radius 3 is 3.18 bits per heavy atom. The monoisotopic (exact) mass is 158 g/mol. The summed E-state index contributed by atoms with van der Waals surface area (Å²) in [5.74, 6) is 0.665. The SMILES string of the molecule is COCC(O)C1=CCCCO1. The van der Waals surface area contributed by atoms with Gasteiger partial charge < -0.3 is 14.6 Å². The predicted molar refractivity (Wildman–Crippen MR) is 41.2 cm³/mol. The highest BCUT2D eigenvalue weighted by Gasteiger charge is 2.13. The molecule has 1 N–H and O–H groups in total. The normalized spacial score (nSPS) is 20.4. The molecule has 1 aliphatic heterocycles. The fourth-order valence-corrected chi connectivity index (χ4v) is 1.05. The molecular formula is C8H14O3. The van der Waals surface area contributed by atoms with Crippen molar-refractivity contribution >= 4 is 0 Å². The van der Waals surface area contributed by atoms with Crippen molar-refractivity contribution in [2.75, 3.05) is 20.3 Å². The fourth-order valence-electron chi connectivity index (χ4n) is 1.05. The maximum atomic E-state index is 9.36. The van der Waals surface area contributed by atoms with Crippen molar-refractivity contribution in [3.63, 3.8) is 0 Å². The zero-order valence-electron chi connectivity index (χ0n) is 6.75. The Labute approximate surface area is 66.6 Å². The lowest BCUT2D eigenvalue weighted by Gasteiger charge is -2.18. The summed E-state index contributed by atoms with van der Waals surface area (Å²) in [7, 11) is 1.56. The van der Waals surface area contributed by atoms with E-state index in [4.69, 9.17) is 9.47 Å². The molecule has 0 fully saturated rings. The van der Waals surface area contributed by atoms with Crippen molar-refractivity contribution in [2.24, 2.45) is 0 Å². The molecule has 64 valence electrons. The summed E-state index contributed by atoms with van der Waals surface area (Å²) in [6.45, 7) is 1.03. The van der Waals surface area contributed by atoms with Gasteiger partial charge in [0.1, 0.15) is 11.9 Å². The van der Waals surface area contributed by atoms with Crippen LogP contribution in [0.2, 0.25) is 0 Å². The molecule has 1 unspecified atom stereocenters. The van der Waals surface area contributed by atoms with Gasteiger partial charge in [0.25, 0.3) is 0 Å². The second-order valence-corrected chi connectivity index (χ2v) is 2.57. The molecule has 3 nitrogen and oxygen atoms in total. The number of hydrogen-bond donors (Lipinski definition) is 1. The van der Waals surface area contributed by atoms with Gasteiger partial charge in [0.15, 0.2) is 0 Å². The van der Waals surface area contributed by atoms with Crippen LogP contribution in [0.5, 0.6) is 0 Å². The molecule has 0 aliphatic carbocycles. The van der Waals surface area contributed by atoms with Crippen molar-refractivity contribution in [2.45, 2.75) is 18.9 Å². The Morgan fingerprint density at radius 1 is 1.82 bits per heavy atom. The zero-order valence-corrected chi connectivity index (χ0v) is 6.75. The van der Waals surface area contributed by atoms with Gasteiger partial charge in [-0.3, -0.25) is 0 Å². The van der Waals surface area contributed by atoms with Gasteiger partial charge in [-0.2, -0.15) is 0 Å². The third kappa shape index (κ3) is 2.52. The van der Waals surface area contributed by atoms with E-state index in [2.05, 4.69) is 0 Å². The molecule has 0 radical (unpaired) electrons. The molecule has 0 saturated carbocycles. The lowest BCUT2D eigenvalue weighted by atomic mass is 10.2. The summed E-state index contributed by atoms with van der Waals surface area (Å²) >= 11 is 0. The second-order valence-electron chi connectivity index (χ2n) is 2.57. The average molecular weight is 158 g/mol. The highest BCUT2D eigenvalue weighted by molar-refractivity contribution is 5.01. The number of aliphatic hydroxyl groups is 1. The Bertz CT molecular complexity index is 142. The smallest absolute Gasteiger partial charge is 0.134 e. The molecule has 1 heterocycles. The quantitative estimate of drug-likeness (QED) is 0.656. The van der Waals surface area contributed by atoms with E-state index in [1.807, 2.05) is 6.08 Å². The van der Waals surface area contributed by atoms with Gasteiger partial charge in [0, 0.05) is 7.11 Å². The van der Waals surface area contributed by atoms with Crippen molar-refractivity contribution in [3.05, 3.63) is 11.8 Å². The molecule has 3 heteroatoms. The minimum absolute atomic E-state index is 0.311. The maximum absolute atomic E-state index is 9.36. The highest BCUT2D eigenvalue weighted by atomic mass is 16.5. The largest absolute Gasteiger partial charge is 0.495 e. The van der Waals surface area contributed by atoms with Crippen molar-refractivity contribution in [1.82, 2.24) is 0 Å². The summed E-state index contributed by atoms with van der Waals surface area (Å²) in [6.07, 6.45) is 3.38. The van der Waals surface area contributed by atoms with E-state index in [0.29, 0.717) is 19.0 Å². The van der Waals surface area contributed by atoms with Crippen molar-refractivity contribution in [3.8, 4) is 0 Å². The van der Waals surface area contributed by atoms with Gasteiger partial charge >= 0.3 is 0 Å². The maximum Gasteiger partial charge on any atom is 0.134 e. The van der Waals surface area contributed by atoms with Crippen LogP contribution in [0.25, 0.3) is 0 Å². The highest BCUT2D eigenvalue weighted by Crippen LogP contribution is 2.13. The molecule has 0 saturated heterocycles. The minimum atomic E-state index is -0.583. The first kappa shape index (κ1) is 8.56. The Kier molecular flexibility index (Phi) is 3.39. The Balaban J connectivity index is 2.37. The van der Waals surface area contributed by atoms with Crippen LogP contribution >= 0.6 is 0 Å². The topological polar surface area (TPSA) is 38.7 Å². The minimum Gasteiger partial charge on any atom is -0.495 e. The molecule has 0 bridgehead atoms. The first-order valence-corrected chi connectivity index (χ1v) is 3.84. The van der Waals surface area contributed by atoms with Crippen LogP contribution in [0, 0.1) is 0 Å². The van der Waals surface area contributed by atoms with E-state index in [1.165, 1.54) is 0 Å². The molecule has 0 aromatic carbocycles. The first-order valence-electron chi connectivity index (χ1n) is 3.84. The zero-order chi connectivity index (χ0) is 8.10. The molecular weight excluding hydrogens is 144 g/mol. The summed E-state index contributed by atoms with van der Waals surface area (Å²) in [4.78, 5) is 0. The van der Waals surface area contributed by atoms with E-state index >= 15 is 0 Å². The second kappa shape index (κ2) is 4.36. The van der Waals surface area contributed by atoms with Gasteiger partial charge in [-0.05, 0) is 18.9 Å². The van der Waals surface area contributed by atoms with Crippen LogP contribution in [-0.2, 0) is 9.47 Å². The van der Waals surface area contributed by atoms with Gasteiger partial charge in [0.05, 0.1) is 13.2 Å². The van der Waals surface area contributed by atoms with Gasteiger partial charge in [-0.25, -0.2) is 0 Å². The van der Waals surface area contributed by atoms with Gasteiger partial charge in [0.2, 0.25) is 0 Å². The number of ether oxygens (including phenoxy) is 2. The van der Waals surface area contributed by atoms with Gasteiger partial charge in [-0.15, -0.1) is 0 Å². The van der Waals surface area contributed by atoms with Crippen molar-refractivity contribution < 1.29 is 14.6 Å². The third-order valence-electron chi connectivity index (χ3n) is 1.62. The molecule has 0 amide bonds. The summed E-state index contributed by atoms with van der Waals surface area (Å²) in [5, 5.41) is 9.36. The number of allylic oxidation sites excluding steroid dienone is 1. The molecule has 1 aliphatic rings. The van der Waals surface area contributed by atoms with E-state index in [-0.39, 0.29) is 0 Å².